The fraction of sp³-hybridized carbons (Fsp3) is 0.0909. The van der Waals surface area contributed by atoms with Crippen LogP contribution in [0.3, 0.4) is 0 Å². The number of methoxy groups -OCH3 is 1. The van der Waals surface area contributed by atoms with E-state index in [-0.39, 0.29) is 18.3 Å². The third kappa shape index (κ3) is 4.95. The Kier molecular flexibility index (Phi) is 5.84. The third-order valence-corrected chi connectivity index (χ3v) is 3.87. The Morgan fingerprint density at radius 2 is 1.48 bits per heavy atom. The zero-order valence-electron chi connectivity index (χ0n) is 14.8. The van der Waals surface area contributed by atoms with Crippen LogP contribution in [0.4, 0.5) is 5.69 Å². The maximum absolute atomic E-state index is 12.5. The lowest BCUT2D eigenvalue weighted by Gasteiger charge is -2.09. The van der Waals surface area contributed by atoms with Crippen LogP contribution in [0.1, 0.15) is 15.9 Å². The maximum atomic E-state index is 12.5. The first-order valence-electron chi connectivity index (χ1n) is 8.42. The fourth-order valence-corrected chi connectivity index (χ4v) is 2.51. The van der Waals surface area contributed by atoms with Crippen LogP contribution in [0.15, 0.2) is 78.9 Å². The van der Waals surface area contributed by atoms with E-state index in [0.717, 1.165) is 0 Å². The standard InChI is InChI=1S/C22H19NO4/c1-26-19-10-12-20(13-11-19)27-15-21(24)23-18-9-5-8-17(14-18)22(25)16-6-3-2-4-7-16/h2-14H,15H2,1H3,(H,23,24). The van der Waals surface area contributed by atoms with E-state index < -0.39 is 0 Å². The van der Waals surface area contributed by atoms with Crippen LogP contribution in [0.2, 0.25) is 0 Å². The van der Waals surface area contributed by atoms with Gasteiger partial charge in [-0.1, -0.05) is 42.5 Å². The summed E-state index contributed by atoms with van der Waals surface area (Å²) in [6, 6.07) is 22.8. The van der Waals surface area contributed by atoms with Gasteiger partial charge in [0.05, 0.1) is 7.11 Å². The lowest BCUT2D eigenvalue weighted by molar-refractivity contribution is -0.118. The number of rotatable bonds is 7. The largest absolute Gasteiger partial charge is 0.497 e. The minimum atomic E-state index is -0.310. The van der Waals surface area contributed by atoms with Gasteiger partial charge in [0.1, 0.15) is 11.5 Å². The number of nitrogens with one attached hydrogen (secondary N) is 1. The van der Waals surface area contributed by atoms with Crippen molar-refractivity contribution in [2.45, 2.75) is 0 Å². The van der Waals surface area contributed by atoms with Crippen molar-refractivity contribution in [2.75, 3.05) is 19.0 Å². The smallest absolute Gasteiger partial charge is 0.262 e. The normalized spacial score (nSPS) is 10.1. The Hall–Kier alpha value is -3.60. The molecule has 136 valence electrons. The van der Waals surface area contributed by atoms with E-state index in [1.807, 2.05) is 18.2 Å². The van der Waals surface area contributed by atoms with Gasteiger partial charge in [-0.05, 0) is 36.4 Å². The summed E-state index contributed by atoms with van der Waals surface area (Å²) in [5, 5.41) is 2.74. The van der Waals surface area contributed by atoms with Crippen molar-refractivity contribution < 1.29 is 19.1 Å². The molecule has 3 rings (SSSR count). The van der Waals surface area contributed by atoms with Crippen LogP contribution in [0, 0.1) is 0 Å². The molecule has 0 aliphatic rings. The predicted octanol–water partition coefficient (Wildman–Crippen LogP) is 3.94. The topological polar surface area (TPSA) is 64.6 Å². The van der Waals surface area contributed by atoms with Crippen molar-refractivity contribution in [3.63, 3.8) is 0 Å². The molecule has 3 aromatic rings. The summed E-state index contributed by atoms with van der Waals surface area (Å²) in [6.07, 6.45) is 0. The fourth-order valence-electron chi connectivity index (χ4n) is 2.51. The van der Waals surface area contributed by atoms with E-state index in [1.54, 1.807) is 67.8 Å². The van der Waals surface area contributed by atoms with Crippen molar-refractivity contribution in [3.05, 3.63) is 90.0 Å². The van der Waals surface area contributed by atoms with Gasteiger partial charge in [0.2, 0.25) is 0 Å². The molecule has 0 saturated carbocycles. The van der Waals surface area contributed by atoms with Crippen LogP contribution in [-0.2, 0) is 4.79 Å². The highest BCUT2D eigenvalue weighted by atomic mass is 16.5. The molecule has 1 amide bonds. The molecule has 0 aromatic heterocycles. The predicted molar refractivity (Wildman–Crippen MR) is 103 cm³/mol. The van der Waals surface area contributed by atoms with E-state index in [1.165, 1.54) is 0 Å². The summed E-state index contributed by atoms with van der Waals surface area (Å²) >= 11 is 0. The Bertz CT molecular complexity index is 921. The molecule has 5 heteroatoms. The first kappa shape index (κ1) is 18.2. The van der Waals surface area contributed by atoms with Gasteiger partial charge in [-0.2, -0.15) is 0 Å². The van der Waals surface area contributed by atoms with Crippen molar-refractivity contribution in [1.82, 2.24) is 0 Å². The summed E-state index contributed by atoms with van der Waals surface area (Å²) in [5.41, 5.74) is 1.65. The Labute approximate surface area is 157 Å². The summed E-state index contributed by atoms with van der Waals surface area (Å²) in [4.78, 5) is 24.6. The van der Waals surface area contributed by atoms with Crippen LogP contribution < -0.4 is 14.8 Å². The molecular weight excluding hydrogens is 342 g/mol. The van der Waals surface area contributed by atoms with Gasteiger partial charge in [0.25, 0.3) is 5.91 Å². The van der Waals surface area contributed by atoms with Crippen molar-refractivity contribution in [1.29, 1.82) is 0 Å². The molecule has 0 aliphatic carbocycles. The second-order valence-electron chi connectivity index (χ2n) is 5.79. The highest BCUT2D eigenvalue weighted by molar-refractivity contribution is 6.09. The highest BCUT2D eigenvalue weighted by Crippen LogP contribution is 2.18. The lowest BCUT2D eigenvalue weighted by atomic mass is 10.0. The quantitative estimate of drug-likeness (QED) is 0.647. The number of amides is 1. The number of carbonyl (C=O) groups excluding carboxylic acids is 2. The number of anilines is 1. The van der Waals surface area contributed by atoms with E-state index >= 15 is 0 Å². The second-order valence-corrected chi connectivity index (χ2v) is 5.79. The maximum Gasteiger partial charge on any atom is 0.262 e. The van der Waals surface area contributed by atoms with Gasteiger partial charge in [-0.3, -0.25) is 9.59 Å². The Morgan fingerprint density at radius 1 is 0.815 bits per heavy atom. The summed E-state index contributed by atoms with van der Waals surface area (Å²) < 4.78 is 10.5. The van der Waals surface area contributed by atoms with Gasteiger partial charge < -0.3 is 14.8 Å². The number of hydrogen-bond donors (Lipinski definition) is 1. The molecule has 0 bridgehead atoms. The molecule has 0 spiro atoms. The molecule has 1 N–H and O–H groups in total. The first-order valence-corrected chi connectivity index (χ1v) is 8.42. The van der Waals surface area contributed by atoms with Gasteiger partial charge >= 0.3 is 0 Å². The average Bonchev–Trinajstić information content (AvgIpc) is 2.73. The molecule has 5 nitrogen and oxygen atoms in total. The molecule has 0 unspecified atom stereocenters. The van der Waals surface area contributed by atoms with Crippen molar-refractivity contribution >= 4 is 17.4 Å². The van der Waals surface area contributed by atoms with Crippen molar-refractivity contribution in [2.24, 2.45) is 0 Å². The molecular formula is C22H19NO4. The lowest BCUT2D eigenvalue weighted by Crippen LogP contribution is -2.20. The molecule has 0 atom stereocenters. The minimum absolute atomic E-state index is 0.0961. The molecule has 0 radical (unpaired) electrons. The number of ketones is 1. The first-order chi connectivity index (χ1) is 13.2. The minimum Gasteiger partial charge on any atom is -0.497 e. The SMILES string of the molecule is COc1ccc(OCC(=O)Nc2cccc(C(=O)c3ccccc3)c2)cc1. The van der Waals surface area contributed by atoms with E-state index in [4.69, 9.17) is 9.47 Å². The van der Waals surface area contributed by atoms with Gasteiger partial charge in [0, 0.05) is 16.8 Å². The number of benzene rings is 3. The summed E-state index contributed by atoms with van der Waals surface area (Å²) in [7, 11) is 1.58. The number of ether oxygens (including phenoxy) is 2. The average molecular weight is 361 g/mol. The molecule has 0 aliphatic heterocycles. The molecule has 0 saturated heterocycles. The Morgan fingerprint density at radius 3 is 2.19 bits per heavy atom. The van der Waals surface area contributed by atoms with E-state index in [2.05, 4.69) is 5.32 Å². The zero-order valence-corrected chi connectivity index (χ0v) is 14.8. The van der Waals surface area contributed by atoms with Gasteiger partial charge in [-0.25, -0.2) is 0 Å². The van der Waals surface area contributed by atoms with E-state index in [0.29, 0.717) is 28.3 Å². The molecule has 3 aromatic carbocycles. The molecule has 27 heavy (non-hydrogen) atoms. The van der Waals surface area contributed by atoms with Crippen LogP contribution in [0.25, 0.3) is 0 Å². The van der Waals surface area contributed by atoms with Crippen LogP contribution >= 0.6 is 0 Å². The number of hydrogen-bond acceptors (Lipinski definition) is 4. The number of carbonyl (C=O) groups is 2. The van der Waals surface area contributed by atoms with Crippen LogP contribution in [-0.4, -0.2) is 25.4 Å². The van der Waals surface area contributed by atoms with Gasteiger partial charge in [-0.15, -0.1) is 0 Å². The highest BCUT2D eigenvalue weighted by Gasteiger charge is 2.10. The van der Waals surface area contributed by atoms with E-state index in [9.17, 15) is 9.59 Å². The van der Waals surface area contributed by atoms with Crippen LogP contribution in [0.5, 0.6) is 11.5 Å². The summed E-state index contributed by atoms with van der Waals surface area (Å²) in [5.74, 6) is 0.877. The van der Waals surface area contributed by atoms with Crippen molar-refractivity contribution in [3.8, 4) is 11.5 Å². The Balaban J connectivity index is 1.60. The second kappa shape index (κ2) is 8.67. The monoisotopic (exact) mass is 361 g/mol. The zero-order chi connectivity index (χ0) is 19.1. The molecule has 0 fully saturated rings. The summed E-state index contributed by atoms with van der Waals surface area (Å²) in [6.45, 7) is -0.136. The third-order valence-electron chi connectivity index (χ3n) is 3.87. The molecule has 0 heterocycles. The van der Waals surface area contributed by atoms with Gasteiger partial charge in [0.15, 0.2) is 12.4 Å².